The number of amides is 3. The molecule has 6 nitrogen and oxygen atoms in total. The van der Waals surface area contributed by atoms with Gasteiger partial charge in [0.1, 0.15) is 5.75 Å². The van der Waals surface area contributed by atoms with Gasteiger partial charge >= 0.3 is 0 Å². The Balaban J connectivity index is 2.66. The maximum atomic E-state index is 11.8. The van der Waals surface area contributed by atoms with E-state index in [2.05, 4.69) is 5.32 Å². The summed E-state index contributed by atoms with van der Waals surface area (Å²) in [6, 6.07) is 2.63. The summed E-state index contributed by atoms with van der Waals surface area (Å²) in [5.74, 6) is -1.65. The Morgan fingerprint density at radius 3 is 2.53 bits per heavy atom. The van der Waals surface area contributed by atoms with Gasteiger partial charge in [-0.2, -0.15) is 0 Å². The third-order valence-corrected chi connectivity index (χ3v) is 2.54. The van der Waals surface area contributed by atoms with Gasteiger partial charge in [-0.3, -0.25) is 19.3 Å². The van der Waals surface area contributed by atoms with Gasteiger partial charge in [0.15, 0.2) is 0 Å². The van der Waals surface area contributed by atoms with Gasteiger partial charge in [-0.15, -0.1) is 0 Å². The molecule has 0 aliphatic carbocycles. The minimum absolute atomic E-state index is 0.0160. The summed E-state index contributed by atoms with van der Waals surface area (Å²) in [5.41, 5.74) is 0.199. The third kappa shape index (κ3) is 1.54. The lowest BCUT2D eigenvalue weighted by atomic mass is 10.1. The van der Waals surface area contributed by atoms with Crippen molar-refractivity contribution in [1.29, 1.82) is 0 Å². The van der Waals surface area contributed by atoms with E-state index in [0.29, 0.717) is 0 Å². The highest BCUT2D eigenvalue weighted by Crippen LogP contribution is 2.35. The Labute approximate surface area is 96.8 Å². The van der Waals surface area contributed by atoms with E-state index in [0.717, 1.165) is 4.90 Å². The van der Waals surface area contributed by atoms with Crippen LogP contribution in [0.15, 0.2) is 12.1 Å². The van der Waals surface area contributed by atoms with Crippen LogP contribution in [-0.2, 0) is 4.79 Å². The van der Waals surface area contributed by atoms with Crippen LogP contribution in [0.25, 0.3) is 0 Å². The van der Waals surface area contributed by atoms with E-state index in [1.165, 1.54) is 26.1 Å². The normalized spacial score (nSPS) is 13.9. The predicted octanol–water partition coefficient (Wildman–Crippen LogP) is 0.576. The molecule has 0 atom stereocenters. The number of carbonyl (C=O) groups is 3. The molecule has 2 rings (SSSR count). The standard InChI is InChI=1S/C11H10N2O4/c1-5(14)12-9-7(15)4-3-6-8(9)11(17)13(2)10(6)16/h3-4,15H,1-2H3,(H,12,14). The molecule has 1 aliphatic heterocycles. The fraction of sp³-hybridized carbons (Fsp3) is 0.182. The highest BCUT2D eigenvalue weighted by atomic mass is 16.3. The average Bonchev–Trinajstić information content (AvgIpc) is 2.47. The van der Waals surface area contributed by atoms with Crippen molar-refractivity contribution in [3.63, 3.8) is 0 Å². The number of nitrogens with one attached hydrogen (secondary N) is 1. The first-order chi connectivity index (χ1) is 7.93. The minimum atomic E-state index is -0.537. The summed E-state index contributed by atoms with van der Waals surface area (Å²) in [7, 11) is 1.35. The average molecular weight is 234 g/mol. The third-order valence-electron chi connectivity index (χ3n) is 2.54. The first-order valence-electron chi connectivity index (χ1n) is 4.89. The topological polar surface area (TPSA) is 86.7 Å². The zero-order valence-electron chi connectivity index (χ0n) is 9.27. The summed E-state index contributed by atoms with van der Waals surface area (Å²) in [5, 5.41) is 12.0. The van der Waals surface area contributed by atoms with E-state index in [1.54, 1.807) is 0 Å². The van der Waals surface area contributed by atoms with Gasteiger partial charge in [-0.1, -0.05) is 0 Å². The molecule has 1 aromatic rings. The molecule has 3 amide bonds. The lowest BCUT2D eigenvalue weighted by molar-refractivity contribution is -0.114. The monoisotopic (exact) mass is 234 g/mol. The minimum Gasteiger partial charge on any atom is -0.506 e. The molecule has 1 aromatic carbocycles. The number of aromatic hydroxyl groups is 1. The largest absolute Gasteiger partial charge is 0.506 e. The van der Waals surface area contributed by atoms with Crippen LogP contribution in [0.3, 0.4) is 0 Å². The molecule has 0 spiro atoms. The van der Waals surface area contributed by atoms with Crippen molar-refractivity contribution >= 4 is 23.4 Å². The van der Waals surface area contributed by atoms with Crippen LogP contribution in [-0.4, -0.2) is 34.8 Å². The van der Waals surface area contributed by atoms with Crippen molar-refractivity contribution in [2.24, 2.45) is 0 Å². The zero-order chi connectivity index (χ0) is 12.7. The molecule has 0 saturated heterocycles. The highest BCUT2D eigenvalue weighted by Gasteiger charge is 2.36. The second-order valence-corrected chi connectivity index (χ2v) is 3.73. The molecular formula is C11H10N2O4. The Morgan fingerprint density at radius 1 is 1.29 bits per heavy atom. The van der Waals surface area contributed by atoms with Gasteiger partial charge in [-0.05, 0) is 12.1 Å². The molecule has 0 bridgehead atoms. The lowest BCUT2D eigenvalue weighted by Gasteiger charge is -2.08. The molecule has 0 saturated carbocycles. The van der Waals surface area contributed by atoms with Crippen molar-refractivity contribution in [2.75, 3.05) is 12.4 Å². The zero-order valence-corrected chi connectivity index (χ0v) is 9.27. The van der Waals surface area contributed by atoms with Gasteiger partial charge < -0.3 is 10.4 Å². The van der Waals surface area contributed by atoms with Gasteiger partial charge in [0, 0.05) is 14.0 Å². The quantitative estimate of drug-likeness (QED) is 0.549. The van der Waals surface area contributed by atoms with E-state index >= 15 is 0 Å². The molecule has 17 heavy (non-hydrogen) atoms. The molecule has 6 heteroatoms. The second kappa shape index (κ2) is 3.58. The van der Waals surface area contributed by atoms with Crippen LogP contribution in [0.5, 0.6) is 5.75 Å². The number of phenolic OH excluding ortho intramolecular Hbond substituents is 1. The summed E-state index contributed by atoms with van der Waals surface area (Å²) in [6.45, 7) is 1.25. The van der Waals surface area contributed by atoms with Crippen LogP contribution in [0, 0.1) is 0 Å². The van der Waals surface area contributed by atoms with Crippen LogP contribution in [0.2, 0.25) is 0 Å². The van der Waals surface area contributed by atoms with E-state index < -0.39 is 17.7 Å². The van der Waals surface area contributed by atoms with Crippen LogP contribution >= 0.6 is 0 Å². The Morgan fingerprint density at radius 2 is 1.94 bits per heavy atom. The number of anilines is 1. The van der Waals surface area contributed by atoms with Crippen LogP contribution in [0.1, 0.15) is 27.6 Å². The number of imide groups is 1. The van der Waals surface area contributed by atoms with Gasteiger partial charge in [-0.25, -0.2) is 0 Å². The van der Waals surface area contributed by atoms with Gasteiger partial charge in [0.2, 0.25) is 5.91 Å². The van der Waals surface area contributed by atoms with Gasteiger partial charge in [0.05, 0.1) is 16.8 Å². The van der Waals surface area contributed by atoms with Crippen LogP contribution in [0.4, 0.5) is 5.69 Å². The van der Waals surface area contributed by atoms with Gasteiger partial charge in [0.25, 0.3) is 11.8 Å². The summed E-state index contributed by atoms with van der Waals surface area (Å²) < 4.78 is 0. The number of nitrogens with zero attached hydrogens (tertiary/aromatic N) is 1. The molecular weight excluding hydrogens is 224 g/mol. The number of hydrogen-bond acceptors (Lipinski definition) is 4. The number of hydrogen-bond donors (Lipinski definition) is 2. The smallest absolute Gasteiger partial charge is 0.263 e. The Kier molecular flexibility index (Phi) is 2.35. The lowest BCUT2D eigenvalue weighted by Crippen LogP contribution is -2.24. The summed E-state index contributed by atoms with van der Waals surface area (Å²) in [6.07, 6.45) is 0. The first-order valence-corrected chi connectivity index (χ1v) is 4.89. The molecule has 88 valence electrons. The molecule has 0 fully saturated rings. The van der Waals surface area contributed by atoms with Crippen molar-refractivity contribution in [3.05, 3.63) is 23.3 Å². The molecule has 1 aliphatic rings. The molecule has 0 radical (unpaired) electrons. The number of fused-ring (bicyclic) bond motifs is 1. The van der Waals surface area contributed by atoms with E-state index in [9.17, 15) is 19.5 Å². The van der Waals surface area contributed by atoms with E-state index in [1.807, 2.05) is 0 Å². The molecule has 1 heterocycles. The molecule has 2 N–H and O–H groups in total. The van der Waals surface area contributed by atoms with Crippen molar-refractivity contribution in [2.45, 2.75) is 6.92 Å². The summed E-state index contributed by atoms with van der Waals surface area (Å²) in [4.78, 5) is 35.4. The fourth-order valence-electron chi connectivity index (χ4n) is 1.74. The molecule has 0 unspecified atom stereocenters. The van der Waals surface area contributed by atoms with Crippen molar-refractivity contribution in [1.82, 2.24) is 4.90 Å². The number of rotatable bonds is 1. The van der Waals surface area contributed by atoms with E-state index in [4.69, 9.17) is 0 Å². The number of carbonyl (C=O) groups excluding carboxylic acids is 3. The Bertz CT molecular complexity index is 551. The predicted molar refractivity (Wildman–Crippen MR) is 58.8 cm³/mol. The van der Waals surface area contributed by atoms with Crippen molar-refractivity contribution in [3.8, 4) is 5.75 Å². The summed E-state index contributed by atoms with van der Waals surface area (Å²) >= 11 is 0. The maximum absolute atomic E-state index is 11.8. The number of phenols is 1. The van der Waals surface area contributed by atoms with Crippen molar-refractivity contribution < 1.29 is 19.5 Å². The van der Waals surface area contributed by atoms with E-state index in [-0.39, 0.29) is 22.6 Å². The number of benzene rings is 1. The highest BCUT2D eigenvalue weighted by molar-refractivity contribution is 6.24. The molecule has 0 aromatic heterocycles. The first kappa shape index (κ1) is 11.1. The second-order valence-electron chi connectivity index (χ2n) is 3.73. The SMILES string of the molecule is CC(=O)Nc1c(O)ccc2c1C(=O)N(C)C2=O. The maximum Gasteiger partial charge on any atom is 0.263 e. The Hall–Kier alpha value is -2.37. The fourth-order valence-corrected chi connectivity index (χ4v) is 1.74. The van der Waals surface area contributed by atoms with Crippen LogP contribution < -0.4 is 5.32 Å².